The van der Waals surface area contributed by atoms with Gasteiger partial charge in [-0.1, -0.05) is 13.8 Å². The van der Waals surface area contributed by atoms with Crippen LogP contribution in [0.5, 0.6) is 0 Å². The molecule has 0 aromatic heterocycles. The summed E-state index contributed by atoms with van der Waals surface area (Å²) < 4.78 is 36.3. The van der Waals surface area contributed by atoms with Gasteiger partial charge in [0, 0.05) is 13.1 Å². The average molecular weight is 314 g/mol. The highest BCUT2D eigenvalue weighted by atomic mass is 32.2. The Balaban J connectivity index is 2.21. The van der Waals surface area contributed by atoms with Crippen LogP contribution in [0.4, 0.5) is 4.39 Å². The molecule has 1 aliphatic heterocycles. The smallest absolute Gasteiger partial charge is 0.256 e. The molecular weight excluding hydrogens is 295 g/mol. The highest BCUT2D eigenvalue weighted by Gasteiger charge is 2.30. The molecule has 1 amide bonds. The van der Waals surface area contributed by atoms with Crippen molar-refractivity contribution in [1.82, 2.24) is 4.90 Å². The van der Waals surface area contributed by atoms with E-state index < -0.39 is 21.7 Å². The van der Waals surface area contributed by atoms with Crippen molar-refractivity contribution in [1.29, 1.82) is 0 Å². The van der Waals surface area contributed by atoms with Gasteiger partial charge in [-0.3, -0.25) is 4.79 Å². The van der Waals surface area contributed by atoms with E-state index in [4.69, 9.17) is 5.14 Å². The highest BCUT2D eigenvalue weighted by Crippen LogP contribution is 2.25. The molecule has 1 unspecified atom stereocenters. The van der Waals surface area contributed by atoms with Gasteiger partial charge in [-0.05, 0) is 36.5 Å². The lowest BCUT2D eigenvalue weighted by atomic mass is 9.95. The minimum absolute atomic E-state index is 0.119. The van der Waals surface area contributed by atoms with Gasteiger partial charge in [0.25, 0.3) is 5.91 Å². The summed E-state index contributed by atoms with van der Waals surface area (Å²) in [4.78, 5) is 13.6. The lowest BCUT2D eigenvalue weighted by molar-refractivity contribution is 0.0779. The number of halogens is 1. The van der Waals surface area contributed by atoms with Gasteiger partial charge in [0.2, 0.25) is 10.0 Å². The minimum atomic E-state index is -3.97. The van der Waals surface area contributed by atoms with Crippen molar-refractivity contribution in [2.75, 3.05) is 13.1 Å². The van der Waals surface area contributed by atoms with E-state index in [0.29, 0.717) is 24.9 Å². The van der Waals surface area contributed by atoms with Gasteiger partial charge < -0.3 is 4.90 Å². The van der Waals surface area contributed by atoms with E-state index in [0.717, 1.165) is 18.6 Å². The first kappa shape index (κ1) is 15.9. The van der Waals surface area contributed by atoms with Crippen molar-refractivity contribution < 1.29 is 17.6 Å². The Labute approximate surface area is 124 Å². The Morgan fingerprint density at radius 3 is 2.57 bits per heavy atom. The van der Waals surface area contributed by atoms with Gasteiger partial charge in [-0.15, -0.1) is 0 Å². The number of sulfonamides is 1. The van der Waals surface area contributed by atoms with E-state index in [-0.39, 0.29) is 10.5 Å². The second-order valence-electron chi connectivity index (χ2n) is 5.73. The summed E-state index contributed by atoms with van der Waals surface area (Å²) in [5.41, 5.74) is -0.119. The average Bonchev–Trinajstić information content (AvgIpc) is 2.86. The number of likely N-dealkylation sites (tertiary alicyclic amines) is 1. The molecule has 1 aromatic carbocycles. The quantitative estimate of drug-likeness (QED) is 0.920. The summed E-state index contributed by atoms with van der Waals surface area (Å²) in [6.07, 6.45) is 0.903. The number of nitrogens with two attached hydrogens (primary N) is 1. The Bertz CT molecular complexity index is 658. The summed E-state index contributed by atoms with van der Waals surface area (Å²) in [5, 5.41) is 4.94. The molecule has 1 heterocycles. The first-order valence-corrected chi connectivity index (χ1v) is 8.36. The van der Waals surface area contributed by atoms with Crippen molar-refractivity contribution in [3.05, 3.63) is 29.6 Å². The van der Waals surface area contributed by atoms with E-state index in [1.165, 1.54) is 6.07 Å². The van der Waals surface area contributed by atoms with Gasteiger partial charge in [0.15, 0.2) is 0 Å². The fourth-order valence-electron chi connectivity index (χ4n) is 2.53. The summed E-state index contributed by atoms with van der Waals surface area (Å²) in [5.74, 6) is -0.380. The van der Waals surface area contributed by atoms with E-state index in [1.807, 2.05) is 0 Å². The molecule has 0 saturated carbocycles. The molecule has 1 atom stereocenters. The standard InChI is InChI=1S/C14H19FN2O3S/c1-9(2)10-5-6-17(8-10)14(18)12-4-3-11(7-13(12)15)21(16,19)20/h3-4,7,9-10H,5-6,8H2,1-2H3,(H2,16,19,20). The largest absolute Gasteiger partial charge is 0.338 e. The van der Waals surface area contributed by atoms with Crippen LogP contribution >= 0.6 is 0 Å². The third kappa shape index (κ3) is 3.41. The first-order chi connectivity index (χ1) is 9.70. The van der Waals surface area contributed by atoms with Crippen molar-refractivity contribution >= 4 is 15.9 Å². The third-order valence-corrected chi connectivity index (χ3v) is 4.87. The van der Waals surface area contributed by atoms with Gasteiger partial charge >= 0.3 is 0 Å². The van der Waals surface area contributed by atoms with Crippen LogP contribution in [0.1, 0.15) is 30.6 Å². The highest BCUT2D eigenvalue weighted by molar-refractivity contribution is 7.89. The zero-order valence-electron chi connectivity index (χ0n) is 12.0. The maximum absolute atomic E-state index is 14.0. The van der Waals surface area contributed by atoms with Gasteiger partial charge in [0.1, 0.15) is 5.82 Å². The van der Waals surface area contributed by atoms with E-state index in [2.05, 4.69) is 13.8 Å². The van der Waals surface area contributed by atoms with Crippen molar-refractivity contribution in [2.45, 2.75) is 25.2 Å². The molecule has 0 aliphatic carbocycles. The van der Waals surface area contributed by atoms with Gasteiger partial charge in [-0.25, -0.2) is 17.9 Å². The van der Waals surface area contributed by atoms with Crippen LogP contribution in [0.2, 0.25) is 0 Å². The maximum atomic E-state index is 14.0. The third-order valence-electron chi connectivity index (χ3n) is 3.95. The Kier molecular flexibility index (Phi) is 4.34. The number of amides is 1. The fourth-order valence-corrected chi connectivity index (χ4v) is 3.06. The molecule has 1 fully saturated rings. The molecule has 0 spiro atoms. The number of carbonyl (C=O) groups is 1. The molecule has 1 aliphatic rings. The predicted octanol–water partition coefficient (Wildman–Crippen LogP) is 1.59. The van der Waals surface area contributed by atoms with Crippen molar-refractivity contribution in [3.63, 3.8) is 0 Å². The monoisotopic (exact) mass is 314 g/mol. The Morgan fingerprint density at radius 1 is 1.43 bits per heavy atom. The molecule has 2 N–H and O–H groups in total. The number of nitrogens with zero attached hydrogens (tertiary/aromatic N) is 1. The zero-order valence-corrected chi connectivity index (χ0v) is 12.9. The molecule has 7 heteroatoms. The number of primary sulfonamides is 1. The van der Waals surface area contributed by atoms with E-state index in [1.54, 1.807) is 4.90 Å². The molecule has 21 heavy (non-hydrogen) atoms. The molecule has 1 aromatic rings. The van der Waals surface area contributed by atoms with Crippen LogP contribution in [-0.2, 0) is 10.0 Å². The summed E-state index contributed by atoms with van der Waals surface area (Å²) in [6, 6.07) is 3.13. The topological polar surface area (TPSA) is 80.5 Å². The Hall–Kier alpha value is -1.47. The van der Waals surface area contributed by atoms with Crippen LogP contribution in [0.25, 0.3) is 0 Å². The molecule has 0 bridgehead atoms. The fraction of sp³-hybridized carbons (Fsp3) is 0.500. The zero-order chi connectivity index (χ0) is 15.8. The van der Waals surface area contributed by atoms with Crippen molar-refractivity contribution in [3.8, 4) is 0 Å². The number of hydrogen-bond acceptors (Lipinski definition) is 3. The van der Waals surface area contributed by atoms with Crippen molar-refractivity contribution in [2.24, 2.45) is 17.0 Å². The molecule has 1 saturated heterocycles. The van der Waals surface area contributed by atoms with Gasteiger partial charge in [0.05, 0.1) is 10.5 Å². The van der Waals surface area contributed by atoms with Crippen LogP contribution < -0.4 is 5.14 Å². The molecular formula is C14H19FN2O3S. The first-order valence-electron chi connectivity index (χ1n) is 6.81. The van der Waals surface area contributed by atoms with Crippen LogP contribution in [-0.4, -0.2) is 32.3 Å². The molecule has 2 rings (SSSR count). The lowest BCUT2D eigenvalue weighted by Crippen LogP contribution is -2.30. The second kappa shape index (κ2) is 5.73. The molecule has 116 valence electrons. The van der Waals surface area contributed by atoms with E-state index in [9.17, 15) is 17.6 Å². The van der Waals surface area contributed by atoms with E-state index >= 15 is 0 Å². The second-order valence-corrected chi connectivity index (χ2v) is 7.29. The maximum Gasteiger partial charge on any atom is 0.256 e. The van der Waals surface area contributed by atoms with Crippen LogP contribution in [0, 0.1) is 17.7 Å². The summed E-state index contributed by atoms with van der Waals surface area (Å²) in [6.45, 7) is 5.39. The number of hydrogen-bond donors (Lipinski definition) is 1. The lowest BCUT2D eigenvalue weighted by Gasteiger charge is -2.18. The molecule has 5 nitrogen and oxygen atoms in total. The summed E-state index contributed by atoms with van der Waals surface area (Å²) >= 11 is 0. The Morgan fingerprint density at radius 2 is 2.10 bits per heavy atom. The van der Waals surface area contributed by atoms with Gasteiger partial charge in [-0.2, -0.15) is 0 Å². The predicted molar refractivity (Wildman–Crippen MR) is 76.6 cm³/mol. The SMILES string of the molecule is CC(C)C1CCN(C(=O)c2ccc(S(N)(=O)=O)cc2F)C1. The number of benzene rings is 1. The normalized spacial score (nSPS) is 19.3. The van der Waals surface area contributed by atoms with Crippen LogP contribution in [0.15, 0.2) is 23.1 Å². The summed E-state index contributed by atoms with van der Waals surface area (Å²) in [7, 11) is -3.97. The number of carbonyl (C=O) groups excluding carboxylic acids is 1. The molecule has 0 radical (unpaired) electrons. The van der Waals surface area contributed by atoms with Crippen LogP contribution in [0.3, 0.4) is 0 Å². The minimum Gasteiger partial charge on any atom is -0.338 e. The number of rotatable bonds is 3.